The number of anilines is 1. The van der Waals surface area contributed by atoms with Crippen molar-refractivity contribution < 1.29 is 14.5 Å². The Balaban J connectivity index is 1.61. The summed E-state index contributed by atoms with van der Waals surface area (Å²) in [5.74, 6) is 0.541. The Morgan fingerprint density at radius 2 is 1.84 bits per heavy atom. The molecule has 0 aliphatic heterocycles. The summed E-state index contributed by atoms with van der Waals surface area (Å²) in [5.41, 5.74) is 5.47. The van der Waals surface area contributed by atoms with Crippen molar-refractivity contribution >= 4 is 55.5 Å². The summed E-state index contributed by atoms with van der Waals surface area (Å²) in [7, 11) is 0. The van der Waals surface area contributed by atoms with Gasteiger partial charge in [-0.15, -0.1) is 0 Å². The van der Waals surface area contributed by atoms with E-state index in [2.05, 4.69) is 47.7 Å². The van der Waals surface area contributed by atoms with E-state index in [4.69, 9.17) is 4.74 Å². The number of nitro groups is 1. The third-order valence-electron chi connectivity index (χ3n) is 4.30. The largest absolute Gasteiger partial charge is 0.487 e. The highest BCUT2D eigenvalue weighted by Crippen LogP contribution is 2.35. The zero-order valence-corrected chi connectivity index (χ0v) is 20.0. The molecule has 8 nitrogen and oxygen atoms in total. The second-order valence-electron chi connectivity index (χ2n) is 6.67. The van der Waals surface area contributed by atoms with E-state index in [1.54, 1.807) is 30.3 Å². The molecule has 0 aliphatic carbocycles. The number of non-ortho nitro benzene ring substituents is 1. The summed E-state index contributed by atoms with van der Waals surface area (Å²) >= 11 is 6.92. The van der Waals surface area contributed by atoms with Gasteiger partial charge < -0.3 is 10.1 Å². The third-order valence-corrected chi connectivity index (χ3v) is 5.48. The average Bonchev–Trinajstić information content (AvgIpc) is 2.75. The number of carbonyl (C=O) groups excluding carboxylic acids is 1. The van der Waals surface area contributed by atoms with Gasteiger partial charge in [0.05, 0.1) is 20.1 Å². The number of aryl methyl sites for hydroxylation is 1. The monoisotopic (exact) mass is 560 g/mol. The lowest BCUT2D eigenvalue weighted by Crippen LogP contribution is -2.24. The predicted octanol–water partition coefficient (Wildman–Crippen LogP) is 6.16. The number of hydrogen-bond donors (Lipinski definition) is 2. The molecule has 0 saturated heterocycles. The molecule has 10 heteroatoms. The van der Waals surface area contributed by atoms with Gasteiger partial charge in [0.15, 0.2) is 0 Å². The molecule has 3 aromatic rings. The Hall–Kier alpha value is -3.24. The van der Waals surface area contributed by atoms with E-state index in [0.29, 0.717) is 31.5 Å². The number of rotatable bonds is 7. The average molecular weight is 562 g/mol. The lowest BCUT2D eigenvalue weighted by Gasteiger charge is -2.11. The van der Waals surface area contributed by atoms with Crippen LogP contribution in [0.25, 0.3) is 0 Å². The SMILES string of the molecule is Cc1ccccc1NC(=O)NN=Cc1cc(Br)c(OCc2cccc([N+](=O)[O-])c2)c(Br)c1. The fraction of sp³-hybridized carbons (Fsp3) is 0.0909. The lowest BCUT2D eigenvalue weighted by molar-refractivity contribution is -0.384. The van der Waals surface area contributed by atoms with E-state index < -0.39 is 11.0 Å². The number of urea groups is 1. The molecule has 164 valence electrons. The van der Waals surface area contributed by atoms with E-state index in [0.717, 1.165) is 5.56 Å². The molecule has 3 aromatic carbocycles. The second-order valence-corrected chi connectivity index (χ2v) is 8.38. The minimum absolute atomic E-state index is 0.00903. The van der Waals surface area contributed by atoms with Crippen molar-refractivity contribution in [1.82, 2.24) is 5.43 Å². The van der Waals surface area contributed by atoms with Gasteiger partial charge in [0.25, 0.3) is 5.69 Å². The number of hydrogen-bond acceptors (Lipinski definition) is 5. The number of benzene rings is 3. The van der Waals surface area contributed by atoms with Crippen LogP contribution in [0.1, 0.15) is 16.7 Å². The summed E-state index contributed by atoms with van der Waals surface area (Å²) in [6, 6.07) is 16.8. The molecule has 0 heterocycles. The molecule has 0 fully saturated rings. The maximum absolute atomic E-state index is 12.0. The standard InChI is InChI=1S/C22H18Br2N4O4/c1-14-5-2-3-8-20(14)26-22(29)27-25-12-16-10-18(23)21(19(24)11-16)32-13-15-6-4-7-17(9-15)28(30)31/h2-12H,13H2,1H3,(H2,26,27,29). The summed E-state index contributed by atoms with van der Waals surface area (Å²) in [6.45, 7) is 2.06. The number of para-hydroxylation sites is 1. The molecule has 0 radical (unpaired) electrons. The Labute approximate surface area is 201 Å². The van der Waals surface area contributed by atoms with Crippen LogP contribution in [0.4, 0.5) is 16.2 Å². The number of hydrazone groups is 1. The summed E-state index contributed by atoms with van der Waals surface area (Å²) in [5, 5.41) is 17.6. The van der Waals surface area contributed by atoms with Gasteiger partial charge in [-0.1, -0.05) is 30.3 Å². The first-order valence-electron chi connectivity index (χ1n) is 9.34. The molecule has 0 saturated carbocycles. The highest BCUT2D eigenvalue weighted by atomic mass is 79.9. The first-order chi connectivity index (χ1) is 15.3. The van der Waals surface area contributed by atoms with Crippen molar-refractivity contribution in [1.29, 1.82) is 0 Å². The summed E-state index contributed by atoms with van der Waals surface area (Å²) in [6.07, 6.45) is 1.50. The normalized spacial score (nSPS) is 10.7. The quantitative estimate of drug-likeness (QED) is 0.204. The van der Waals surface area contributed by atoms with Crippen LogP contribution in [0.3, 0.4) is 0 Å². The molecule has 0 atom stereocenters. The zero-order valence-electron chi connectivity index (χ0n) is 16.8. The van der Waals surface area contributed by atoms with Crippen molar-refractivity contribution in [3.8, 4) is 5.75 Å². The van der Waals surface area contributed by atoms with Crippen LogP contribution >= 0.6 is 31.9 Å². The summed E-state index contributed by atoms with van der Waals surface area (Å²) < 4.78 is 7.13. The van der Waals surface area contributed by atoms with E-state index in [9.17, 15) is 14.9 Å². The van der Waals surface area contributed by atoms with Gasteiger partial charge in [-0.25, -0.2) is 10.2 Å². The molecule has 2 amide bonds. The number of nitrogens with one attached hydrogen (secondary N) is 2. The van der Waals surface area contributed by atoms with Crippen LogP contribution in [0.2, 0.25) is 0 Å². The first kappa shape index (κ1) is 23.4. The van der Waals surface area contributed by atoms with Gasteiger partial charge >= 0.3 is 6.03 Å². The smallest absolute Gasteiger partial charge is 0.339 e. The van der Waals surface area contributed by atoms with Gasteiger partial charge in [0.1, 0.15) is 12.4 Å². The van der Waals surface area contributed by atoms with E-state index in [-0.39, 0.29) is 12.3 Å². The minimum Gasteiger partial charge on any atom is -0.487 e. The summed E-state index contributed by atoms with van der Waals surface area (Å²) in [4.78, 5) is 22.5. The van der Waals surface area contributed by atoms with Gasteiger partial charge in [-0.05, 0) is 73.7 Å². The van der Waals surface area contributed by atoms with Crippen molar-refractivity contribution in [2.24, 2.45) is 5.10 Å². The number of halogens is 2. The number of carbonyl (C=O) groups is 1. The third kappa shape index (κ3) is 6.38. The molecule has 0 aromatic heterocycles. The van der Waals surface area contributed by atoms with E-state index >= 15 is 0 Å². The topological polar surface area (TPSA) is 106 Å². The number of amides is 2. The molecular formula is C22H18Br2N4O4. The number of ether oxygens (including phenoxy) is 1. The highest BCUT2D eigenvalue weighted by molar-refractivity contribution is 9.11. The Morgan fingerprint density at radius 1 is 1.12 bits per heavy atom. The number of nitrogens with zero attached hydrogens (tertiary/aromatic N) is 2. The molecule has 0 bridgehead atoms. The Morgan fingerprint density at radius 3 is 2.53 bits per heavy atom. The minimum atomic E-state index is -0.453. The predicted molar refractivity (Wildman–Crippen MR) is 130 cm³/mol. The van der Waals surface area contributed by atoms with Gasteiger partial charge in [-0.2, -0.15) is 5.10 Å². The molecular weight excluding hydrogens is 544 g/mol. The zero-order chi connectivity index (χ0) is 23.1. The fourth-order valence-electron chi connectivity index (χ4n) is 2.74. The van der Waals surface area contributed by atoms with Crippen LogP contribution < -0.4 is 15.5 Å². The van der Waals surface area contributed by atoms with E-state index in [1.165, 1.54) is 18.3 Å². The fourth-order valence-corrected chi connectivity index (χ4v) is 4.19. The van der Waals surface area contributed by atoms with Crippen LogP contribution in [0.15, 0.2) is 74.7 Å². The van der Waals surface area contributed by atoms with Crippen molar-refractivity contribution in [3.05, 3.63) is 96.4 Å². The van der Waals surface area contributed by atoms with Gasteiger partial charge in [0, 0.05) is 17.8 Å². The van der Waals surface area contributed by atoms with Crippen molar-refractivity contribution in [2.75, 3.05) is 5.32 Å². The number of nitro benzene ring substituents is 1. The molecule has 3 rings (SSSR count). The molecule has 32 heavy (non-hydrogen) atoms. The molecule has 2 N–H and O–H groups in total. The van der Waals surface area contributed by atoms with E-state index in [1.807, 2.05) is 25.1 Å². The maximum Gasteiger partial charge on any atom is 0.339 e. The second kappa shape index (κ2) is 10.9. The lowest BCUT2D eigenvalue weighted by atomic mass is 10.2. The van der Waals surface area contributed by atoms with Crippen molar-refractivity contribution in [3.63, 3.8) is 0 Å². The molecule has 0 spiro atoms. The van der Waals surface area contributed by atoms with Gasteiger partial charge in [-0.3, -0.25) is 10.1 Å². The van der Waals surface area contributed by atoms with Gasteiger partial charge in [0.2, 0.25) is 0 Å². The first-order valence-corrected chi connectivity index (χ1v) is 10.9. The Kier molecular flexibility index (Phi) is 7.96. The van der Waals surface area contributed by atoms with Crippen LogP contribution in [0, 0.1) is 17.0 Å². The van der Waals surface area contributed by atoms with Crippen LogP contribution in [0.5, 0.6) is 5.75 Å². The van der Waals surface area contributed by atoms with Crippen molar-refractivity contribution in [2.45, 2.75) is 13.5 Å². The van der Waals surface area contributed by atoms with Crippen LogP contribution in [-0.2, 0) is 6.61 Å². The highest BCUT2D eigenvalue weighted by Gasteiger charge is 2.11. The maximum atomic E-state index is 12.0. The Bertz CT molecular complexity index is 1160. The molecule has 0 unspecified atom stereocenters. The van der Waals surface area contributed by atoms with Crippen LogP contribution in [-0.4, -0.2) is 17.2 Å². The molecule has 0 aliphatic rings.